The first-order valence-corrected chi connectivity index (χ1v) is 13.9. The number of hydrogen-bond donors (Lipinski definition) is 1. The van der Waals surface area contributed by atoms with E-state index in [2.05, 4.69) is 23.5 Å². The van der Waals surface area contributed by atoms with E-state index in [0.29, 0.717) is 17.8 Å². The Kier molecular flexibility index (Phi) is 8.00. The van der Waals surface area contributed by atoms with E-state index in [1.807, 2.05) is 61.4 Å². The van der Waals surface area contributed by atoms with Gasteiger partial charge in [0.25, 0.3) is 0 Å². The highest BCUT2D eigenvalue weighted by Gasteiger charge is 2.41. The van der Waals surface area contributed by atoms with E-state index in [4.69, 9.17) is 14.5 Å². The number of nitrogens with zero attached hydrogens (tertiary/aromatic N) is 2. The number of allylic oxidation sites excluding steroid dienone is 1. The number of aryl methyl sites for hydroxylation is 2. The molecule has 3 aliphatic rings. The van der Waals surface area contributed by atoms with Gasteiger partial charge in [-0.1, -0.05) is 65.9 Å². The molecule has 0 spiro atoms. The Hall–Kier alpha value is -3.36. The minimum absolute atomic E-state index is 0.0761. The van der Waals surface area contributed by atoms with Crippen LogP contribution >= 0.6 is 11.8 Å². The second-order valence-corrected chi connectivity index (χ2v) is 10.8. The van der Waals surface area contributed by atoms with Gasteiger partial charge in [-0.25, -0.2) is 9.79 Å². The number of amidine groups is 1. The fourth-order valence-electron chi connectivity index (χ4n) is 5.04. The molecule has 198 valence electrons. The monoisotopic (exact) mass is 531 g/mol. The van der Waals surface area contributed by atoms with Crippen molar-refractivity contribution in [1.82, 2.24) is 10.2 Å². The zero-order chi connectivity index (χ0) is 26.6. The van der Waals surface area contributed by atoms with Crippen molar-refractivity contribution in [3.8, 4) is 0 Å². The van der Waals surface area contributed by atoms with Gasteiger partial charge in [0, 0.05) is 18.8 Å². The number of carbonyl (C=O) groups excluding carboxylic acids is 2. The maximum absolute atomic E-state index is 13.6. The van der Waals surface area contributed by atoms with Crippen molar-refractivity contribution in [2.75, 3.05) is 13.2 Å². The molecule has 1 fully saturated rings. The smallest absolute Gasteiger partial charge is 0.338 e. The fraction of sp³-hybridized carbons (Fsp3) is 0.367. The van der Waals surface area contributed by atoms with Crippen molar-refractivity contribution in [3.63, 3.8) is 0 Å². The summed E-state index contributed by atoms with van der Waals surface area (Å²) >= 11 is 1.48. The van der Waals surface area contributed by atoms with Crippen molar-refractivity contribution in [3.05, 3.63) is 93.2 Å². The molecule has 1 amide bonds. The SMILES string of the molecule is CC1=C(C(=O)OCc2ccccc2)[C@@H](c2cc(C)ccc2C)N2C(CC(=O)NC[C@@H]3CCCO3)=CSC2=N1. The maximum atomic E-state index is 13.6. The normalized spacial score (nSPS) is 20.7. The van der Waals surface area contributed by atoms with Gasteiger partial charge >= 0.3 is 5.97 Å². The molecule has 0 aromatic heterocycles. The Labute approximate surface area is 228 Å². The van der Waals surface area contributed by atoms with Crippen LogP contribution in [0, 0.1) is 13.8 Å². The third kappa shape index (κ3) is 5.71. The molecular formula is C30H33N3O4S. The quantitative estimate of drug-likeness (QED) is 0.465. The number of fused-ring (bicyclic) bond motifs is 1. The van der Waals surface area contributed by atoms with E-state index in [1.54, 1.807) is 0 Å². The molecule has 0 radical (unpaired) electrons. The van der Waals surface area contributed by atoms with Crippen LogP contribution in [-0.4, -0.2) is 41.2 Å². The largest absolute Gasteiger partial charge is 0.457 e. The predicted molar refractivity (Wildman–Crippen MR) is 149 cm³/mol. The summed E-state index contributed by atoms with van der Waals surface area (Å²) in [4.78, 5) is 33.4. The van der Waals surface area contributed by atoms with Crippen molar-refractivity contribution in [2.24, 2.45) is 4.99 Å². The number of rotatable bonds is 8. The number of hydrogen-bond acceptors (Lipinski definition) is 7. The Morgan fingerprint density at radius 3 is 2.74 bits per heavy atom. The standard InChI is InChI=1S/C30H33N3O4S/c1-19-11-12-20(2)25(14-19)28-27(29(35)37-17-22-8-5-4-6-9-22)21(3)32-30-33(28)23(18-38-30)15-26(34)31-16-24-10-7-13-36-24/h4-6,8-9,11-12,14,18,24,28H,7,10,13,15-17H2,1-3H3,(H,31,34)/t24-,28+/m0/s1. The summed E-state index contributed by atoms with van der Waals surface area (Å²) in [6, 6.07) is 15.4. The van der Waals surface area contributed by atoms with Gasteiger partial charge in [0.2, 0.25) is 5.91 Å². The Morgan fingerprint density at radius 2 is 1.97 bits per heavy atom. The van der Waals surface area contributed by atoms with Crippen molar-refractivity contribution in [1.29, 1.82) is 0 Å². The molecule has 2 aromatic rings. The average molecular weight is 532 g/mol. The number of thioether (sulfide) groups is 1. The summed E-state index contributed by atoms with van der Waals surface area (Å²) < 4.78 is 11.5. The van der Waals surface area contributed by atoms with Crippen LogP contribution in [0.5, 0.6) is 0 Å². The lowest BCUT2D eigenvalue weighted by atomic mass is 9.90. The van der Waals surface area contributed by atoms with E-state index in [-0.39, 0.29) is 25.0 Å². The molecule has 0 aliphatic carbocycles. The molecule has 0 unspecified atom stereocenters. The van der Waals surface area contributed by atoms with Crippen LogP contribution in [0.2, 0.25) is 0 Å². The number of amides is 1. The molecule has 7 nitrogen and oxygen atoms in total. The first kappa shape index (κ1) is 26.3. The summed E-state index contributed by atoms with van der Waals surface area (Å²) in [5.74, 6) is -0.480. The van der Waals surface area contributed by atoms with E-state index in [9.17, 15) is 9.59 Å². The predicted octanol–water partition coefficient (Wildman–Crippen LogP) is 5.31. The third-order valence-corrected chi connectivity index (χ3v) is 7.94. The molecule has 5 rings (SSSR count). The zero-order valence-corrected chi connectivity index (χ0v) is 22.8. The van der Waals surface area contributed by atoms with Gasteiger partial charge in [0.05, 0.1) is 29.8 Å². The highest BCUT2D eigenvalue weighted by Crippen LogP contribution is 2.45. The molecule has 3 aliphatic heterocycles. The van der Waals surface area contributed by atoms with Crippen LogP contribution in [-0.2, 0) is 25.7 Å². The highest BCUT2D eigenvalue weighted by atomic mass is 32.2. The van der Waals surface area contributed by atoms with Gasteiger partial charge in [-0.3, -0.25) is 4.79 Å². The van der Waals surface area contributed by atoms with Crippen LogP contribution < -0.4 is 5.32 Å². The highest BCUT2D eigenvalue weighted by molar-refractivity contribution is 8.16. The van der Waals surface area contributed by atoms with Gasteiger partial charge in [-0.2, -0.15) is 0 Å². The van der Waals surface area contributed by atoms with E-state index in [0.717, 1.165) is 52.6 Å². The second kappa shape index (κ2) is 11.6. The summed E-state index contributed by atoms with van der Waals surface area (Å²) in [5, 5.41) is 5.74. The van der Waals surface area contributed by atoms with Crippen LogP contribution in [0.1, 0.15) is 54.5 Å². The van der Waals surface area contributed by atoms with Crippen LogP contribution in [0.15, 0.2) is 75.9 Å². The summed E-state index contributed by atoms with van der Waals surface area (Å²) in [6.07, 6.45) is 2.26. The lowest BCUT2D eigenvalue weighted by Gasteiger charge is -2.37. The van der Waals surface area contributed by atoms with Gasteiger partial charge in [-0.05, 0) is 55.7 Å². The number of aliphatic imine (C=N–C) groups is 1. The Bertz CT molecular complexity index is 1310. The van der Waals surface area contributed by atoms with Crippen molar-refractivity contribution >= 4 is 28.8 Å². The van der Waals surface area contributed by atoms with Gasteiger partial charge in [0.1, 0.15) is 6.61 Å². The van der Waals surface area contributed by atoms with Crippen molar-refractivity contribution < 1.29 is 19.1 Å². The van der Waals surface area contributed by atoms with Crippen LogP contribution in [0.4, 0.5) is 0 Å². The molecule has 8 heteroatoms. The molecule has 0 bridgehead atoms. The van der Waals surface area contributed by atoms with Crippen LogP contribution in [0.3, 0.4) is 0 Å². The molecule has 2 aromatic carbocycles. The lowest BCUT2D eigenvalue weighted by Crippen LogP contribution is -2.39. The molecule has 1 saturated heterocycles. The van der Waals surface area contributed by atoms with Gasteiger partial charge in [-0.15, -0.1) is 0 Å². The number of ether oxygens (including phenoxy) is 2. The Morgan fingerprint density at radius 1 is 1.16 bits per heavy atom. The third-order valence-electron chi connectivity index (χ3n) is 7.06. The molecule has 2 atom stereocenters. The minimum atomic E-state index is -0.446. The van der Waals surface area contributed by atoms with E-state index < -0.39 is 12.0 Å². The number of nitrogens with one attached hydrogen (secondary N) is 1. The topological polar surface area (TPSA) is 80.2 Å². The first-order chi connectivity index (χ1) is 18.4. The molecule has 0 saturated carbocycles. The summed E-state index contributed by atoms with van der Waals surface area (Å²) in [7, 11) is 0. The maximum Gasteiger partial charge on any atom is 0.338 e. The lowest BCUT2D eigenvalue weighted by molar-refractivity contribution is -0.141. The molecule has 3 heterocycles. The van der Waals surface area contributed by atoms with E-state index >= 15 is 0 Å². The molecule has 38 heavy (non-hydrogen) atoms. The average Bonchev–Trinajstić information content (AvgIpc) is 3.57. The second-order valence-electron chi connectivity index (χ2n) is 9.93. The first-order valence-electron chi connectivity index (χ1n) is 13.0. The number of esters is 1. The van der Waals surface area contributed by atoms with Gasteiger partial charge in [0.15, 0.2) is 5.17 Å². The Balaban J connectivity index is 1.43. The fourth-order valence-corrected chi connectivity index (χ4v) is 6.00. The molecule has 1 N–H and O–H groups in total. The summed E-state index contributed by atoms with van der Waals surface area (Å²) in [5.41, 5.74) is 6.00. The van der Waals surface area contributed by atoms with Crippen LogP contribution in [0.25, 0.3) is 0 Å². The van der Waals surface area contributed by atoms with Crippen molar-refractivity contribution in [2.45, 2.75) is 58.8 Å². The number of carbonyl (C=O) groups is 2. The zero-order valence-electron chi connectivity index (χ0n) is 22.0. The number of benzene rings is 2. The van der Waals surface area contributed by atoms with E-state index in [1.165, 1.54) is 11.8 Å². The molecular weight excluding hydrogens is 498 g/mol. The minimum Gasteiger partial charge on any atom is -0.457 e. The van der Waals surface area contributed by atoms with Gasteiger partial charge < -0.3 is 19.7 Å². The summed E-state index contributed by atoms with van der Waals surface area (Å²) in [6.45, 7) is 7.38.